The first-order chi connectivity index (χ1) is 10.5. The molecule has 1 atom stereocenters. The van der Waals surface area contributed by atoms with Crippen LogP contribution in [0.2, 0.25) is 0 Å². The molecule has 0 heterocycles. The molecule has 0 aliphatic carbocycles. The largest absolute Gasteiger partial charge is 0.479 e. The first kappa shape index (κ1) is 17.8. The normalized spacial score (nSPS) is 13.1. The van der Waals surface area contributed by atoms with E-state index in [2.05, 4.69) is 4.74 Å². The van der Waals surface area contributed by atoms with E-state index >= 15 is 0 Å². The molecular weight excluding hydrogens is 288 g/mol. The van der Waals surface area contributed by atoms with E-state index in [1.807, 2.05) is 18.2 Å². The van der Waals surface area contributed by atoms with Gasteiger partial charge in [0, 0.05) is 6.42 Å². The third kappa shape index (κ3) is 5.29. The Morgan fingerprint density at radius 1 is 1.27 bits per heavy atom. The van der Waals surface area contributed by atoms with E-state index in [1.54, 1.807) is 12.1 Å². The molecule has 1 rings (SSSR count). The monoisotopic (exact) mass is 308 g/mol. The van der Waals surface area contributed by atoms with E-state index in [0.717, 1.165) is 5.56 Å². The van der Waals surface area contributed by atoms with Gasteiger partial charge in [0.05, 0.1) is 20.1 Å². The number of carboxylic acids is 1. The molecule has 1 N–H and O–H groups in total. The first-order valence-corrected chi connectivity index (χ1v) is 6.96. The summed E-state index contributed by atoms with van der Waals surface area (Å²) in [6.45, 7) is 0.0607. The lowest BCUT2D eigenvalue weighted by atomic mass is 9.92. The number of esters is 1. The Labute approximate surface area is 129 Å². The predicted octanol–water partition coefficient (Wildman–Crippen LogP) is 1.96. The molecule has 6 heteroatoms. The van der Waals surface area contributed by atoms with Gasteiger partial charge in [0.2, 0.25) is 0 Å². The highest BCUT2D eigenvalue weighted by Crippen LogP contribution is 2.26. The average Bonchev–Trinajstić information content (AvgIpc) is 2.53. The highest BCUT2D eigenvalue weighted by Gasteiger charge is 2.42. The number of rotatable bonds is 10. The van der Waals surface area contributed by atoms with Crippen LogP contribution in [-0.2, 0) is 30.5 Å². The summed E-state index contributed by atoms with van der Waals surface area (Å²) >= 11 is 0. The van der Waals surface area contributed by atoms with Crippen molar-refractivity contribution in [1.29, 1.82) is 0 Å². The number of carboxylic acid groups (broad SMARTS) is 1. The molecule has 120 valence electrons. The minimum Gasteiger partial charge on any atom is -0.479 e. The van der Waals surface area contributed by atoms with Gasteiger partial charge in [-0.05, 0) is 18.4 Å². The molecule has 0 fully saturated rings. The van der Waals surface area contributed by atoms with Crippen LogP contribution in [0.25, 0.3) is 0 Å². The van der Waals surface area contributed by atoms with Crippen LogP contribution in [0.15, 0.2) is 30.3 Å². The Morgan fingerprint density at radius 3 is 2.50 bits per heavy atom. The maximum absolute atomic E-state index is 11.7. The van der Waals surface area contributed by atoms with Gasteiger partial charge >= 0.3 is 11.9 Å². The van der Waals surface area contributed by atoms with Crippen molar-refractivity contribution >= 4 is 18.2 Å². The number of methoxy groups -OCH3 is 1. The Balaban J connectivity index is 2.87. The summed E-state index contributed by atoms with van der Waals surface area (Å²) in [7, 11) is 1.19. The van der Waals surface area contributed by atoms with Crippen LogP contribution in [0.3, 0.4) is 0 Å². The van der Waals surface area contributed by atoms with Gasteiger partial charge in [-0.2, -0.15) is 0 Å². The zero-order valence-corrected chi connectivity index (χ0v) is 12.5. The third-order valence-electron chi connectivity index (χ3n) is 3.31. The van der Waals surface area contributed by atoms with Crippen LogP contribution in [0.5, 0.6) is 0 Å². The van der Waals surface area contributed by atoms with Crippen molar-refractivity contribution in [3.8, 4) is 0 Å². The SMILES string of the molecule is COC(=O)C[C@@](CCCC=O)(OCc1ccccc1)C(=O)O. The molecular formula is C16H20O6. The molecule has 0 spiro atoms. The van der Waals surface area contributed by atoms with Crippen LogP contribution >= 0.6 is 0 Å². The van der Waals surface area contributed by atoms with Crippen LogP contribution < -0.4 is 0 Å². The zero-order valence-electron chi connectivity index (χ0n) is 12.5. The first-order valence-electron chi connectivity index (χ1n) is 6.96. The number of ether oxygens (including phenoxy) is 2. The minimum atomic E-state index is -1.69. The summed E-state index contributed by atoms with van der Waals surface area (Å²) < 4.78 is 10.1. The summed E-state index contributed by atoms with van der Waals surface area (Å²) in [5.74, 6) is -1.90. The topological polar surface area (TPSA) is 89.9 Å². The van der Waals surface area contributed by atoms with Crippen molar-refractivity contribution in [3.63, 3.8) is 0 Å². The Hall–Kier alpha value is -2.21. The second-order valence-corrected chi connectivity index (χ2v) is 4.89. The predicted molar refractivity (Wildman–Crippen MR) is 78.1 cm³/mol. The van der Waals surface area contributed by atoms with E-state index in [0.29, 0.717) is 12.7 Å². The molecule has 0 bridgehead atoms. The Morgan fingerprint density at radius 2 is 1.95 bits per heavy atom. The van der Waals surface area contributed by atoms with Gasteiger partial charge in [0.15, 0.2) is 5.60 Å². The number of hydrogen-bond donors (Lipinski definition) is 1. The van der Waals surface area contributed by atoms with Crippen LogP contribution in [0.1, 0.15) is 31.2 Å². The van der Waals surface area contributed by atoms with Gasteiger partial charge in [-0.3, -0.25) is 4.79 Å². The quantitative estimate of drug-likeness (QED) is 0.404. The number of carbonyl (C=O) groups is 3. The molecule has 6 nitrogen and oxygen atoms in total. The van der Waals surface area contributed by atoms with Gasteiger partial charge in [0.1, 0.15) is 6.29 Å². The highest BCUT2D eigenvalue weighted by molar-refractivity contribution is 5.84. The van der Waals surface area contributed by atoms with Gasteiger partial charge in [0.25, 0.3) is 0 Å². The summed E-state index contributed by atoms with van der Waals surface area (Å²) in [6, 6.07) is 9.07. The van der Waals surface area contributed by atoms with Crippen molar-refractivity contribution in [2.45, 2.75) is 37.9 Å². The van der Waals surface area contributed by atoms with Crippen molar-refractivity contribution in [1.82, 2.24) is 0 Å². The smallest absolute Gasteiger partial charge is 0.336 e. The van der Waals surface area contributed by atoms with Gasteiger partial charge in [-0.15, -0.1) is 0 Å². The third-order valence-corrected chi connectivity index (χ3v) is 3.31. The van der Waals surface area contributed by atoms with Crippen LogP contribution in [0.4, 0.5) is 0 Å². The van der Waals surface area contributed by atoms with Crippen LogP contribution in [0, 0.1) is 0 Å². The maximum Gasteiger partial charge on any atom is 0.336 e. The fourth-order valence-electron chi connectivity index (χ4n) is 2.03. The minimum absolute atomic E-state index is 0.0585. The van der Waals surface area contributed by atoms with Crippen LogP contribution in [-0.4, -0.2) is 36.0 Å². The lowest BCUT2D eigenvalue weighted by Gasteiger charge is -2.28. The van der Waals surface area contributed by atoms with E-state index in [4.69, 9.17) is 4.74 Å². The van der Waals surface area contributed by atoms with E-state index in [1.165, 1.54) is 7.11 Å². The number of aldehydes is 1. The lowest BCUT2D eigenvalue weighted by molar-refractivity contribution is -0.177. The highest BCUT2D eigenvalue weighted by atomic mass is 16.5. The average molecular weight is 308 g/mol. The number of carbonyl (C=O) groups excluding carboxylic acids is 2. The van der Waals surface area contributed by atoms with E-state index < -0.39 is 24.0 Å². The van der Waals surface area contributed by atoms with Crippen molar-refractivity contribution in [2.75, 3.05) is 7.11 Å². The summed E-state index contributed by atoms with van der Waals surface area (Å²) in [5, 5.41) is 9.52. The van der Waals surface area contributed by atoms with Crippen molar-refractivity contribution in [3.05, 3.63) is 35.9 Å². The number of unbranched alkanes of at least 4 members (excludes halogenated alkanes) is 1. The summed E-state index contributed by atoms with van der Waals surface area (Å²) in [4.78, 5) is 33.6. The van der Waals surface area contributed by atoms with E-state index in [-0.39, 0.29) is 19.4 Å². The molecule has 0 amide bonds. The summed E-state index contributed by atoms with van der Waals surface area (Å²) in [5.41, 5.74) is -0.889. The fraction of sp³-hybridized carbons (Fsp3) is 0.438. The second-order valence-electron chi connectivity index (χ2n) is 4.89. The molecule has 0 radical (unpaired) electrons. The number of hydrogen-bond acceptors (Lipinski definition) is 5. The molecule has 0 aromatic heterocycles. The molecule has 0 aliphatic rings. The standard InChI is InChI=1S/C16H20O6/c1-21-14(18)11-16(15(19)20,9-5-6-10-17)22-12-13-7-3-2-4-8-13/h2-4,7-8,10H,5-6,9,11-12H2,1H3,(H,19,20)/t16-/m1/s1. The molecule has 1 aromatic rings. The number of aliphatic carboxylic acids is 1. The Bertz CT molecular complexity index is 499. The summed E-state index contributed by atoms with van der Waals surface area (Å²) in [6.07, 6.45) is 0.905. The van der Waals surface area contributed by atoms with E-state index in [9.17, 15) is 19.5 Å². The van der Waals surface area contributed by atoms with Gasteiger partial charge in [-0.25, -0.2) is 4.79 Å². The molecule has 0 saturated carbocycles. The zero-order chi connectivity index (χ0) is 16.4. The lowest BCUT2D eigenvalue weighted by Crippen LogP contribution is -2.44. The molecule has 0 aliphatic heterocycles. The number of benzene rings is 1. The molecule has 1 aromatic carbocycles. The Kier molecular flexibility index (Phi) is 7.25. The molecule has 0 saturated heterocycles. The van der Waals surface area contributed by atoms with Gasteiger partial charge in [-0.1, -0.05) is 30.3 Å². The van der Waals surface area contributed by atoms with Gasteiger partial charge < -0.3 is 19.4 Å². The molecule has 0 unspecified atom stereocenters. The second kappa shape index (κ2) is 8.94. The maximum atomic E-state index is 11.7. The fourth-order valence-corrected chi connectivity index (χ4v) is 2.03. The van der Waals surface area contributed by atoms with Crippen molar-refractivity contribution in [2.24, 2.45) is 0 Å². The van der Waals surface area contributed by atoms with Crippen molar-refractivity contribution < 1.29 is 29.0 Å². The molecule has 22 heavy (non-hydrogen) atoms.